The van der Waals surface area contributed by atoms with Crippen molar-refractivity contribution in [3.05, 3.63) is 29.6 Å². The quantitative estimate of drug-likeness (QED) is 0.781. The Hall–Kier alpha value is -2.04. The molecule has 0 aromatic carbocycles. The van der Waals surface area contributed by atoms with E-state index in [1.807, 2.05) is 19.9 Å². The lowest BCUT2D eigenvalue weighted by atomic mass is 10.3. The molecule has 15 heavy (non-hydrogen) atoms. The average Bonchev–Trinajstić information content (AvgIpc) is 2.56. The summed E-state index contributed by atoms with van der Waals surface area (Å²) in [5, 5.41) is 6.75. The van der Waals surface area contributed by atoms with E-state index in [0.29, 0.717) is 17.4 Å². The number of aromatic amines is 1. The molecule has 0 bridgehead atoms. The number of hydrogen-bond acceptors (Lipinski definition) is 4. The monoisotopic (exact) mass is 204 g/mol. The number of pyridine rings is 1. The first-order valence-corrected chi connectivity index (χ1v) is 4.57. The maximum atomic E-state index is 5.59. The van der Waals surface area contributed by atoms with Crippen LogP contribution in [0, 0.1) is 13.8 Å². The van der Waals surface area contributed by atoms with Gasteiger partial charge in [-0.1, -0.05) is 0 Å². The molecule has 5 nitrogen and oxygen atoms in total. The Kier molecular flexibility index (Phi) is 2.29. The summed E-state index contributed by atoms with van der Waals surface area (Å²) in [6.45, 7) is 3.79. The fourth-order valence-corrected chi connectivity index (χ4v) is 1.24. The number of ether oxygens (including phenoxy) is 1. The van der Waals surface area contributed by atoms with E-state index in [1.165, 1.54) is 0 Å². The highest BCUT2D eigenvalue weighted by atomic mass is 16.5. The summed E-state index contributed by atoms with van der Waals surface area (Å²) in [7, 11) is 0. The standard InChI is InChI=1S/C10H12N4O/c1-6-3-8(11)5-12-10(6)15-9-4-7(2)13-14-9/h3-5H,11H2,1-2H3,(H,13,14). The lowest BCUT2D eigenvalue weighted by Crippen LogP contribution is -1.94. The second-order valence-corrected chi connectivity index (χ2v) is 3.38. The molecule has 2 aromatic heterocycles. The first-order chi connectivity index (χ1) is 7.15. The number of aryl methyl sites for hydroxylation is 2. The van der Waals surface area contributed by atoms with Crippen molar-refractivity contribution in [1.82, 2.24) is 15.2 Å². The van der Waals surface area contributed by atoms with Gasteiger partial charge in [-0.25, -0.2) is 4.98 Å². The van der Waals surface area contributed by atoms with Gasteiger partial charge in [-0.2, -0.15) is 0 Å². The highest BCUT2D eigenvalue weighted by Gasteiger charge is 2.05. The molecule has 2 rings (SSSR count). The van der Waals surface area contributed by atoms with Gasteiger partial charge in [0.25, 0.3) is 0 Å². The van der Waals surface area contributed by atoms with Crippen LogP contribution in [-0.4, -0.2) is 15.2 Å². The van der Waals surface area contributed by atoms with Crippen molar-refractivity contribution in [3.8, 4) is 11.8 Å². The molecular weight excluding hydrogens is 192 g/mol. The topological polar surface area (TPSA) is 76.8 Å². The third-order valence-electron chi connectivity index (χ3n) is 1.94. The number of nitrogens with two attached hydrogens (primary N) is 1. The number of aromatic nitrogens is 3. The Bertz CT molecular complexity index is 478. The Morgan fingerprint density at radius 2 is 2.13 bits per heavy atom. The van der Waals surface area contributed by atoms with Crippen LogP contribution in [0.1, 0.15) is 11.3 Å². The zero-order valence-electron chi connectivity index (χ0n) is 8.61. The molecule has 0 aliphatic carbocycles. The Balaban J connectivity index is 2.24. The van der Waals surface area contributed by atoms with Crippen LogP contribution in [-0.2, 0) is 0 Å². The van der Waals surface area contributed by atoms with E-state index in [1.54, 1.807) is 12.3 Å². The zero-order valence-corrected chi connectivity index (χ0v) is 8.61. The Morgan fingerprint density at radius 1 is 1.33 bits per heavy atom. The van der Waals surface area contributed by atoms with Crippen molar-refractivity contribution >= 4 is 5.69 Å². The van der Waals surface area contributed by atoms with Crippen molar-refractivity contribution in [2.75, 3.05) is 5.73 Å². The van der Waals surface area contributed by atoms with Gasteiger partial charge in [-0.05, 0) is 19.9 Å². The molecule has 2 heterocycles. The summed E-state index contributed by atoms with van der Waals surface area (Å²) < 4.78 is 5.48. The molecule has 0 fully saturated rings. The van der Waals surface area contributed by atoms with Crippen LogP contribution in [0.5, 0.6) is 11.8 Å². The third kappa shape index (κ3) is 2.07. The number of nitrogens with zero attached hydrogens (tertiary/aromatic N) is 2. The van der Waals surface area contributed by atoms with Crippen molar-refractivity contribution < 1.29 is 4.74 Å². The van der Waals surface area contributed by atoms with Gasteiger partial charge >= 0.3 is 0 Å². The second kappa shape index (κ2) is 3.61. The first-order valence-electron chi connectivity index (χ1n) is 4.57. The minimum Gasteiger partial charge on any atom is -0.419 e. The van der Waals surface area contributed by atoms with Crippen molar-refractivity contribution in [3.63, 3.8) is 0 Å². The minimum atomic E-state index is 0.507. The largest absolute Gasteiger partial charge is 0.419 e. The molecular formula is C10H12N4O. The Morgan fingerprint density at radius 3 is 2.73 bits per heavy atom. The van der Waals surface area contributed by atoms with Crippen LogP contribution < -0.4 is 10.5 Å². The van der Waals surface area contributed by atoms with E-state index < -0.39 is 0 Å². The minimum absolute atomic E-state index is 0.507. The van der Waals surface area contributed by atoms with E-state index in [2.05, 4.69) is 15.2 Å². The van der Waals surface area contributed by atoms with Crippen LogP contribution in [0.25, 0.3) is 0 Å². The predicted octanol–water partition coefficient (Wildman–Crippen LogP) is 1.80. The van der Waals surface area contributed by atoms with Gasteiger partial charge in [0.15, 0.2) is 0 Å². The maximum absolute atomic E-state index is 5.59. The van der Waals surface area contributed by atoms with Crippen molar-refractivity contribution in [2.24, 2.45) is 0 Å². The number of nitrogens with one attached hydrogen (secondary N) is 1. The lowest BCUT2D eigenvalue weighted by Gasteiger charge is -2.04. The van der Waals surface area contributed by atoms with Gasteiger partial charge in [0.1, 0.15) is 0 Å². The number of nitrogen functional groups attached to an aromatic ring is 1. The smallest absolute Gasteiger partial charge is 0.240 e. The zero-order chi connectivity index (χ0) is 10.8. The van der Waals surface area contributed by atoms with E-state index >= 15 is 0 Å². The summed E-state index contributed by atoms with van der Waals surface area (Å²) in [5.74, 6) is 1.03. The summed E-state index contributed by atoms with van der Waals surface area (Å²) in [6.07, 6.45) is 1.56. The number of anilines is 1. The number of hydrogen-bond donors (Lipinski definition) is 2. The van der Waals surface area contributed by atoms with Gasteiger partial charge < -0.3 is 10.5 Å². The molecule has 0 aliphatic rings. The van der Waals surface area contributed by atoms with Crippen LogP contribution in [0.2, 0.25) is 0 Å². The fraction of sp³-hybridized carbons (Fsp3) is 0.200. The lowest BCUT2D eigenvalue weighted by molar-refractivity contribution is 0.440. The van der Waals surface area contributed by atoms with E-state index in [-0.39, 0.29) is 0 Å². The summed E-state index contributed by atoms with van der Waals surface area (Å²) in [5.41, 5.74) is 8.04. The third-order valence-corrected chi connectivity index (χ3v) is 1.94. The second-order valence-electron chi connectivity index (χ2n) is 3.38. The van der Waals surface area contributed by atoms with Gasteiger partial charge in [0.05, 0.1) is 11.9 Å². The fourth-order valence-electron chi connectivity index (χ4n) is 1.24. The summed E-state index contributed by atoms with van der Waals surface area (Å²) in [6, 6.07) is 3.61. The molecule has 0 saturated carbocycles. The van der Waals surface area contributed by atoms with Crippen molar-refractivity contribution in [2.45, 2.75) is 13.8 Å². The molecule has 0 unspecified atom stereocenters. The molecule has 0 atom stereocenters. The van der Waals surface area contributed by atoms with Crippen LogP contribution in [0.3, 0.4) is 0 Å². The molecule has 3 N–H and O–H groups in total. The SMILES string of the molecule is Cc1cc(Oc2ncc(N)cc2C)n[nH]1. The highest BCUT2D eigenvalue weighted by molar-refractivity contribution is 5.42. The van der Waals surface area contributed by atoms with Crippen molar-refractivity contribution in [1.29, 1.82) is 0 Å². The summed E-state index contributed by atoms with van der Waals surface area (Å²) in [4.78, 5) is 4.08. The summed E-state index contributed by atoms with van der Waals surface area (Å²) >= 11 is 0. The molecule has 0 saturated heterocycles. The Labute approximate surface area is 87.3 Å². The molecule has 5 heteroatoms. The number of rotatable bonds is 2. The average molecular weight is 204 g/mol. The number of H-pyrrole nitrogens is 1. The van der Waals surface area contributed by atoms with E-state index in [9.17, 15) is 0 Å². The van der Waals surface area contributed by atoms with Crippen LogP contribution in [0.4, 0.5) is 5.69 Å². The molecule has 0 spiro atoms. The van der Waals surface area contributed by atoms with E-state index in [4.69, 9.17) is 10.5 Å². The van der Waals surface area contributed by atoms with Gasteiger partial charge in [-0.15, -0.1) is 5.10 Å². The van der Waals surface area contributed by atoms with Gasteiger partial charge in [0, 0.05) is 17.3 Å². The van der Waals surface area contributed by atoms with Crippen LogP contribution in [0.15, 0.2) is 18.3 Å². The van der Waals surface area contributed by atoms with Crippen LogP contribution >= 0.6 is 0 Å². The molecule has 0 radical (unpaired) electrons. The first kappa shape index (κ1) is 9.51. The normalized spacial score (nSPS) is 10.3. The van der Waals surface area contributed by atoms with Gasteiger partial charge in [-0.3, -0.25) is 5.10 Å². The maximum Gasteiger partial charge on any atom is 0.240 e. The van der Waals surface area contributed by atoms with Gasteiger partial charge in [0.2, 0.25) is 11.8 Å². The molecule has 0 amide bonds. The molecule has 0 aliphatic heterocycles. The predicted molar refractivity (Wildman–Crippen MR) is 56.8 cm³/mol. The van der Waals surface area contributed by atoms with E-state index in [0.717, 1.165) is 11.3 Å². The molecule has 2 aromatic rings. The highest BCUT2D eigenvalue weighted by Crippen LogP contribution is 2.22. The molecule has 78 valence electrons.